The Balaban J connectivity index is 1.58. The zero-order chi connectivity index (χ0) is 17.1. The highest BCUT2D eigenvalue weighted by Crippen LogP contribution is 2.21. The van der Waals surface area contributed by atoms with Crippen molar-refractivity contribution in [3.63, 3.8) is 0 Å². The van der Waals surface area contributed by atoms with Gasteiger partial charge >= 0.3 is 0 Å². The van der Waals surface area contributed by atoms with Crippen LogP contribution in [0.3, 0.4) is 0 Å². The molecular weight excluding hydrogens is 314 g/mol. The molecule has 0 unspecified atom stereocenters. The standard InChI is InChI=1S/C19H17N5O/c25-16-8-6-14(7-9-16)10-11-20-18-12-17(15-4-2-1-3-5-15)23-19-21-13-22-24(18)19/h1-9,12-13,20,25H,10-11H2. The zero-order valence-electron chi connectivity index (χ0n) is 13.5. The van der Waals surface area contributed by atoms with Gasteiger partial charge in [0.1, 0.15) is 17.9 Å². The molecule has 0 amide bonds. The molecule has 4 aromatic rings. The molecule has 0 saturated carbocycles. The van der Waals surface area contributed by atoms with Crippen molar-refractivity contribution in [2.75, 3.05) is 11.9 Å². The number of aromatic hydroxyl groups is 1. The number of fused-ring (bicyclic) bond motifs is 1. The van der Waals surface area contributed by atoms with E-state index in [1.165, 1.54) is 6.33 Å². The summed E-state index contributed by atoms with van der Waals surface area (Å²) in [6, 6.07) is 19.2. The number of aromatic nitrogens is 4. The third-order valence-electron chi connectivity index (χ3n) is 3.98. The molecule has 0 aliphatic carbocycles. The molecule has 0 radical (unpaired) electrons. The molecule has 2 aromatic carbocycles. The van der Waals surface area contributed by atoms with E-state index < -0.39 is 0 Å². The summed E-state index contributed by atoms with van der Waals surface area (Å²) in [5.74, 6) is 1.69. The second-order valence-electron chi connectivity index (χ2n) is 5.71. The summed E-state index contributed by atoms with van der Waals surface area (Å²) in [7, 11) is 0. The van der Waals surface area contributed by atoms with Crippen molar-refractivity contribution in [2.24, 2.45) is 0 Å². The lowest BCUT2D eigenvalue weighted by molar-refractivity contribution is 0.475. The van der Waals surface area contributed by atoms with E-state index in [4.69, 9.17) is 0 Å². The number of nitrogens with zero attached hydrogens (tertiary/aromatic N) is 4. The van der Waals surface area contributed by atoms with Crippen LogP contribution in [0.2, 0.25) is 0 Å². The third kappa shape index (κ3) is 3.28. The molecular formula is C19H17N5O. The number of hydrogen-bond acceptors (Lipinski definition) is 5. The van der Waals surface area contributed by atoms with Gasteiger partial charge in [-0.2, -0.15) is 14.6 Å². The van der Waals surface area contributed by atoms with Gasteiger partial charge < -0.3 is 10.4 Å². The SMILES string of the molecule is Oc1ccc(CCNc2cc(-c3ccccc3)nc3ncnn23)cc1. The molecule has 4 rings (SSSR count). The second-order valence-corrected chi connectivity index (χ2v) is 5.71. The first-order chi connectivity index (χ1) is 12.3. The Morgan fingerprint density at radius 3 is 2.60 bits per heavy atom. The molecule has 124 valence electrons. The average Bonchev–Trinajstić information content (AvgIpc) is 3.13. The van der Waals surface area contributed by atoms with Crippen LogP contribution in [-0.2, 0) is 6.42 Å². The molecule has 6 heteroatoms. The van der Waals surface area contributed by atoms with E-state index in [2.05, 4.69) is 20.4 Å². The van der Waals surface area contributed by atoms with Crippen LogP contribution in [0.15, 0.2) is 67.0 Å². The Kier molecular flexibility index (Phi) is 4.00. The summed E-state index contributed by atoms with van der Waals surface area (Å²) in [5.41, 5.74) is 3.04. The third-order valence-corrected chi connectivity index (χ3v) is 3.98. The van der Waals surface area contributed by atoms with Crippen LogP contribution in [0, 0.1) is 0 Å². The number of hydrogen-bond donors (Lipinski definition) is 2. The lowest BCUT2D eigenvalue weighted by atomic mass is 10.1. The van der Waals surface area contributed by atoms with Gasteiger partial charge in [0, 0.05) is 18.2 Å². The van der Waals surface area contributed by atoms with Crippen LogP contribution < -0.4 is 5.32 Å². The fraction of sp³-hybridized carbons (Fsp3) is 0.105. The van der Waals surface area contributed by atoms with Gasteiger partial charge in [0.15, 0.2) is 0 Å². The minimum atomic E-state index is 0.280. The summed E-state index contributed by atoms with van der Waals surface area (Å²) >= 11 is 0. The van der Waals surface area contributed by atoms with Crippen LogP contribution in [0.1, 0.15) is 5.56 Å². The summed E-state index contributed by atoms with van der Waals surface area (Å²) in [6.07, 6.45) is 2.34. The van der Waals surface area contributed by atoms with Crippen molar-refractivity contribution in [1.29, 1.82) is 0 Å². The van der Waals surface area contributed by atoms with Gasteiger partial charge in [0.2, 0.25) is 0 Å². The fourth-order valence-electron chi connectivity index (χ4n) is 2.69. The first kappa shape index (κ1) is 15.1. The Morgan fingerprint density at radius 1 is 1.00 bits per heavy atom. The van der Waals surface area contributed by atoms with Gasteiger partial charge in [-0.15, -0.1) is 0 Å². The number of nitrogens with one attached hydrogen (secondary N) is 1. The highest BCUT2D eigenvalue weighted by molar-refractivity contribution is 5.65. The van der Waals surface area contributed by atoms with Crippen molar-refractivity contribution in [2.45, 2.75) is 6.42 Å². The average molecular weight is 331 g/mol. The maximum atomic E-state index is 9.35. The first-order valence-electron chi connectivity index (χ1n) is 8.07. The molecule has 2 heterocycles. The Labute approximate surface area is 144 Å². The second kappa shape index (κ2) is 6.60. The molecule has 0 bridgehead atoms. The van der Waals surface area contributed by atoms with E-state index in [0.717, 1.165) is 35.6 Å². The topological polar surface area (TPSA) is 75.3 Å². The Bertz CT molecular complexity index is 980. The van der Waals surface area contributed by atoms with Crippen LogP contribution >= 0.6 is 0 Å². The van der Waals surface area contributed by atoms with E-state index >= 15 is 0 Å². The van der Waals surface area contributed by atoms with Crippen molar-refractivity contribution in [3.8, 4) is 17.0 Å². The summed E-state index contributed by atoms with van der Waals surface area (Å²) in [6.45, 7) is 0.734. The summed E-state index contributed by atoms with van der Waals surface area (Å²) < 4.78 is 1.70. The molecule has 0 spiro atoms. The van der Waals surface area contributed by atoms with Gasteiger partial charge in [-0.25, -0.2) is 4.98 Å². The Hall–Kier alpha value is -3.41. The number of benzene rings is 2. The van der Waals surface area contributed by atoms with Crippen molar-refractivity contribution in [3.05, 3.63) is 72.6 Å². The van der Waals surface area contributed by atoms with E-state index in [1.807, 2.05) is 48.5 Å². The zero-order valence-corrected chi connectivity index (χ0v) is 13.5. The van der Waals surface area contributed by atoms with Crippen LogP contribution in [0.5, 0.6) is 5.75 Å². The summed E-state index contributed by atoms with van der Waals surface area (Å²) in [5, 5.41) is 17.0. The van der Waals surface area contributed by atoms with Crippen LogP contribution in [0.4, 0.5) is 5.82 Å². The normalized spacial score (nSPS) is 10.9. The molecule has 2 N–H and O–H groups in total. The number of rotatable bonds is 5. The largest absolute Gasteiger partial charge is 0.508 e. The van der Waals surface area contributed by atoms with E-state index in [-0.39, 0.29) is 5.75 Å². The van der Waals surface area contributed by atoms with E-state index in [0.29, 0.717) is 5.78 Å². The maximum Gasteiger partial charge on any atom is 0.254 e. The van der Waals surface area contributed by atoms with Crippen molar-refractivity contribution < 1.29 is 5.11 Å². The van der Waals surface area contributed by atoms with Gasteiger partial charge in [-0.05, 0) is 24.1 Å². The number of anilines is 1. The quantitative estimate of drug-likeness (QED) is 0.587. The predicted molar refractivity (Wildman–Crippen MR) is 96.5 cm³/mol. The lowest BCUT2D eigenvalue weighted by Crippen LogP contribution is -2.10. The van der Waals surface area contributed by atoms with E-state index in [1.54, 1.807) is 16.6 Å². The van der Waals surface area contributed by atoms with E-state index in [9.17, 15) is 5.11 Å². The predicted octanol–water partition coefficient (Wildman–Crippen LogP) is 3.15. The monoisotopic (exact) mass is 331 g/mol. The van der Waals surface area contributed by atoms with Gasteiger partial charge in [-0.1, -0.05) is 42.5 Å². The Morgan fingerprint density at radius 2 is 1.80 bits per heavy atom. The molecule has 6 nitrogen and oxygen atoms in total. The van der Waals surface area contributed by atoms with Crippen molar-refractivity contribution >= 4 is 11.6 Å². The molecule has 0 fully saturated rings. The fourth-order valence-corrected chi connectivity index (χ4v) is 2.69. The molecule has 0 aliphatic rings. The summed E-state index contributed by atoms with van der Waals surface area (Å²) in [4.78, 5) is 8.78. The molecule has 2 aromatic heterocycles. The molecule has 25 heavy (non-hydrogen) atoms. The molecule has 0 saturated heterocycles. The van der Waals surface area contributed by atoms with Gasteiger partial charge in [0.05, 0.1) is 5.69 Å². The van der Waals surface area contributed by atoms with Crippen molar-refractivity contribution in [1.82, 2.24) is 19.6 Å². The minimum Gasteiger partial charge on any atom is -0.508 e. The lowest BCUT2D eigenvalue weighted by Gasteiger charge is -2.10. The highest BCUT2D eigenvalue weighted by atomic mass is 16.3. The van der Waals surface area contributed by atoms with Crippen LogP contribution in [0.25, 0.3) is 17.0 Å². The molecule has 0 atom stereocenters. The van der Waals surface area contributed by atoms with Gasteiger partial charge in [-0.3, -0.25) is 0 Å². The number of phenols is 1. The highest BCUT2D eigenvalue weighted by Gasteiger charge is 2.08. The molecule has 0 aliphatic heterocycles. The van der Waals surface area contributed by atoms with Gasteiger partial charge in [0.25, 0.3) is 5.78 Å². The maximum absolute atomic E-state index is 9.35. The number of phenolic OH excluding ortho intramolecular Hbond substituents is 1. The minimum absolute atomic E-state index is 0.280. The first-order valence-corrected chi connectivity index (χ1v) is 8.07. The van der Waals surface area contributed by atoms with Crippen LogP contribution in [-0.4, -0.2) is 31.2 Å². The smallest absolute Gasteiger partial charge is 0.254 e.